The number of rotatable bonds is 3. The summed E-state index contributed by atoms with van der Waals surface area (Å²) in [5, 5.41) is 11.7. The molecule has 1 aliphatic carbocycles. The maximum Gasteiger partial charge on any atom is 0.317 e. The zero-order valence-electron chi connectivity index (χ0n) is 9.32. The van der Waals surface area contributed by atoms with Gasteiger partial charge in [-0.2, -0.15) is 0 Å². The number of carbonyl (C=O) groups excluding carboxylic acids is 1. The lowest BCUT2D eigenvalue weighted by Crippen LogP contribution is -2.46. The smallest absolute Gasteiger partial charge is 0.317 e. The molecule has 2 rings (SSSR count). The largest absolute Gasteiger partial charge is 0.481 e. The van der Waals surface area contributed by atoms with Crippen LogP contribution in [0, 0.1) is 5.92 Å². The summed E-state index contributed by atoms with van der Waals surface area (Å²) in [6.07, 6.45) is 4.17. The van der Waals surface area contributed by atoms with E-state index in [1.807, 2.05) is 0 Å². The van der Waals surface area contributed by atoms with Crippen molar-refractivity contribution < 1.29 is 14.7 Å². The highest BCUT2D eigenvalue weighted by atomic mass is 16.4. The monoisotopic (exact) mass is 226 g/mol. The van der Waals surface area contributed by atoms with Crippen LogP contribution in [0.25, 0.3) is 0 Å². The summed E-state index contributed by atoms with van der Waals surface area (Å²) in [5.41, 5.74) is 0. The number of carboxylic acid groups (broad SMARTS) is 1. The number of piperidine rings is 1. The Hall–Kier alpha value is -1.26. The number of nitrogens with one attached hydrogen (secondary N) is 1. The van der Waals surface area contributed by atoms with Gasteiger partial charge in [0.2, 0.25) is 0 Å². The van der Waals surface area contributed by atoms with Crippen LogP contribution in [0.5, 0.6) is 0 Å². The molecule has 0 radical (unpaired) electrons. The number of nitrogens with zero attached hydrogens (tertiary/aromatic N) is 1. The highest BCUT2D eigenvalue weighted by Gasteiger charge is 2.29. The summed E-state index contributed by atoms with van der Waals surface area (Å²) in [6, 6.07) is 0.352. The number of urea groups is 1. The van der Waals surface area contributed by atoms with Crippen molar-refractivity contribution in [2.45, 2.75) is 38.1 Å². The Morgan fingerprint density at radius 3 is 2.69 bits per heavy atom. The van der Waals surface area contributed by atoms with Gasteiger partial charge in [0.1, 0.15) is 0 Å². The fourth-order valence-electron chi connectivity index (χ4n) is 2.16. The molecule has 0 bridgehead atoms. The Balaban J connectivity index is 1.80. The zero-order chi connectivity index (χ0) is 11.5. The number of carboxylic acids is 1. The SMILES string of the molecule is O=C(O)CC1CCCN(C(=O)NC2CC2)C1. The lowest BCUT2D eigenvalue weighted by molar-refractivity contribution is -0.138. The number of likely N-dealkylation sites (tertiary alicyclic amines) is 1. The Labute approximate surface area is 94.8 Å². The quantitative estimate of drug-likeness (QED) is 0.755. The molecule has 0 aromatic heterocycles. The molecular formula is C11H18N2O3. The molecule has 2 fully saturated rings. The predicted molar refractivity (Wildman–Crippen MR) is 58.1 cm³/mol. The Bertz CT molecular complexity index is 289. The molecule has 0 aromatic rings. The second kappa shape index (κ2) is 4.72. The van der Waals surface area contributed by atoms with Crippen molar-refractivity contribution in [3.8, 4) is 0 Å². The molecule has 2 N–H and O–H groups in total. The minimum atomic E-state index is -0.769. The second-order valence-electron chi connectivity index (χ2n) is 4.78. The molecule has 90 valence electrons. The zero-order valence-corrected chi connectivity index (χ0v) is 9.32. The maximum atomic E-state index is 11.7. The molecule has 5 heteroatoms. The van der Waals surface area contributed by atoms with E-state index in [-0.39, 0.29) is 18.4 Å². The van der Waals surface area contributed by atoms with Gasteiger partial charge in [-0.25, -0.2) is 4.79 Å². The standard InChI is InChI=1S/C11H18N2O3/c14-10(15)6-8-2-1-5-13(7-8)11(16)12-9-3-4-9/h8-9H,1-7H2,(H,12,16)(H,14,15). The first-order chi connectivity index (χ1) is 7.65. The van der Waals surface area contributed by atoms with Crippen LogP contribution < -0.4 is 5.32 Å². The van der Waals surface area contributed by atoms with Crippen LogP contribution in [0.3, 0.4) is 0 Å². The van der Waals surface area contributed by atoms with Crippen LogP contribution in [-0.2, 0) is 4.79 Å². The molecule has 0 spiro atoms. The molecular weight excluding hydrogens is 208 g/mol. The first-order valence-electron chi connectivity index (χ1n) is 5.92. The number of aliphatic carboxylic acids is 1. The topological polar surface area (TPSA) is 69.6 Å². The van der Waals surface area contributed by atoms with Gasteiger partial charge in [-0.15, -0.1) is 0 Å². The fourth-order valence-corrected chi connectivity index (χ4v) is 2.16. The number of amides is 2. The molecule has 2 amide bonds. The summed E-state index contributed by atoms with van der Waals surface area (Å²) in [6.45, 7) is 1.35. The molecule has 1 aliphatic heterocycles. The van der Waals surface area contributed by atoms with Crippen molar-refractivity contribution in [3.63, 3.8) is 0 Å². The van der Waals surface area contributed by atoms with E-state index in [1.54, 1.807) is 4.90 Å². The summed E-state index contributed by atoms with van der Waals surface area (Å²) >= 11 is 0. The Morgan fingerprint density at radius 1 is 1.31 bits per heavy atom. The third kappa shape index (κ3) is 3.12. The summed E-state index contributed by atoms with van der Waals surface area (Å²) < 4.78 is 0. The van der Waals surface area contributed by atoms with E-state index in [9.17, 15) is 9.59 Å². The van der Waals surface area contributed by atoms with E-state index in [2.05, 4.69) is 5.32 Å². The van der Waals surface area contributed by atoms with E-state index < -0.39 is 5.97 Å². The van der Waals surface area contributed by atoms with Gasteiger partial charge in [-0.1, -0.05) is 0 Å². The van der Waals surface area contributed by atoms with E-state index in [0.29, 0.717) is 12.6 Å². The van der Waals surface area contributed by atoms with Gasteiger partial charge in [0.05, 0.1) is 0 Å². The average molecular weight is 226 g/mol. The lowest BCUT2D eigenvalue weighted by Gasteiger charge is -2.32. The van der Waals surface area contributed by atoms with Crippen LogP contribution >= 0.6 is 0 Å². The van der Waals surface area contributed by atoms with Crippen molar-refractivity contribution >= 4 is 12.0 Å². The maximum absolute atomic E-state index is 11.7. The highest BCUT2D eigenvalue weighted by molar-refractivity contribution is 5.75. The van der Waals surface area contributed by atoms with Crippen LogP contribution in [0.2, 0.25) is 0 Å². The molecule has 1 unspecified atom stereocenters. The van der Waals surface area contributed by atoms with E-state index in [0.717, 1.165) is 32.2 Å². The molecule has 1 atom stereocenters. The van der Waals surface area contributed by atoms with Gasteiger partial charge >= 0.3 is 12.0 Å². The molecule has 1 heterocycles. The predicted octanol–water partition coefficient (Wildman–Crippen LogP) is 1.05. The normalized spacial score (nSPS) is 25.2. The average Bonchev–Trinajstić information content (AvgIpc) is 3.01. The summed E-state index contributed by atoms with van der Waals surface area (Å²) in [7, 11) is 0. The molecule has 5 nitrogen and oxygen atoms in total. The second-order valence-corrected chi connectivity index (χ2v) is 4.78. The molecule has 2 aliphatic rings. The van der Waals surface area contributed by atoms with Crippen molar-refractivity contribution in [2.75, 3.05) is 13.1 Å². The van der Waals surface area contributed by atoms with E-state index >= 15 is 0 Å². The molecule has 1 saturated carbocycles. The molecule has 0 aromatic carbocycles. The fraction of sp³-hybridized carbons (Fsp3) is 0.818. The van der Waals surface area contributed by atoms with Crippen LogP contribution in [-0.4, -0.2) is 41.1 Å². The van der Waals surface area contributed by atoms with Gasteiger partial charge in [0.15, 0.2) is 0 Å². The van der Waals surface area contributed by atoms with Gasteiger partial charge < -0.3 is 15.3 Å². The van der Waals surface area contributed by atoms with E-state index in [4.69, 9.17) is 5.11 Å². The number of carbonyl (C=O) groups is 2. The van der Waals surface area contributed by atoms with Crippen molar-refractivity contribution in [1.29, 1.82) is 0 Å². The van der Waals surface area contributed by atoms with Gasteiger partial charge in [0.25, 0.3) is 0 Å². The van der Waals surface area contributed by atoms with Crippen molar-refractivity contribution in [1.82, 2.24) is 10.2 Å². The van der Waals surface area contributed by atoms with Crippen molar-refractivity contribution in [2.24, 2.45) is 5.92 Å². The minimum absolute atomic E-state index is 0.0161. The van der Waals surface area contributed by atoms with Crippen LogP contribution in [0.1, 0.15) is 32.1 Å². The molecule has 16 heavy (non-hydrogen) atoms. The van der Waals surface area contributed by atoms with Crippen LogP contribution in [0.15, 0.2) is 0 Å². The van der Waals surface area contributed by atoms with Gasteiger partial charge in [-0.05, 0) is 31.6 Å². The summed E-state index contributed by atoms with van der Waals surface area (Å²) in [4.78, 5) is 24.1. The Kier molecular flexibility index (Phi) is 3.31. The first kappa shape index (κ1) is 11.2. The van der Waals surface area contributed by atoms with E-state index in [1.165, 1.54) is 0 Å². The third-order valence-corrected chi connectivity index (χ3v) is 3.17. The van der Waals surface area contributed by atoms with Crippen LogP contribution in [0.4, 0.5) is 4.79 Å². The van der Waals surface area contributed by atoms with Crippen molar-refractivity contribution in [3.05, 3.63) is 0 Å². The third-order valence-electron chi connectivity index (χ3n) is 3.17. The highest BCUT2D eigenvalue weighted by Crippen LogP contribution is 2.22. The van der Waals surface area contributed by atoms with Gasteiger partial charge in [0, 0.05) is 25.6 Å². The summed E-state index contributed by atoms with van der Waals surface area (Å²) in [5.74, 6) is -0.648. The Morgan fingerprint density at radius 2 is 2.06 bits per heavy atom. The minimum Gasteiger partial charge on any atom is -0.481 e. The van der Waals surface area contributed by atoms with Gasteiger partial charge in [-0.3, -0.25) is 4.79 Å². The lowest BCUT2D eigenvalue weighted by atomic mass is 9.95. The number of hydrogen-bond acceptors (Lipinski definition) is 2. The molecule has 1 saturated heterocycles. The first-order valence-corrected chi connectivity index (χ1v) is 5.92. The number of hydrogen-bond donors (Lipinski definition) is 2.